The number of rotatable bonds is 5. The van der Waals surface area contributed by atoms with E-state index in [4.69, 9.17) is 4.74 Å². The molecule has 1 saturated heterocycles. The topological polar surface area (TPSA) is 76.5 Å². The smallest absolute Gasteiger partial charge is 0.280 e. The first-order valence-electron chi connectivity index (χ1n) is 10.1. The molecule has 1 aliphatic heterocycles. The van der Waals surface area contributed by atoms with E-state index in [1.807, 2.05) is 12.1 Å². The average molecular weight is 422 g/mol. The molecule has 1 N–H and O–H groups in total. The van der Waals surface area contributed by atoms with Crippen LogP contribution in [0.15, 0.2) is 59.4 Å². The first-order chi connectivity index (χ1) is 15.0. The van der Waals surface area contributed by atoms with Crippen molar-refractivity contribution in [3.05, 3.63) is 87.6 Å². The molecule has 4 rings (SSSR count). The zero-order valence-electron chi connectivity index (χ0n) is 17.2. The summed E-state index contributed by atoms with van der Waals surface area (Å²) in [6, 6.07) is 14.8. The van der Waals surface area contributed by atoms with Crippen LogP contribution in [0.2, 0.25) is 0 Å². The highest BCUT2D eigenvalue weighted by Crippen LogP contribution is 2.15. The number of halogens is 1. The van der Waals surface area contributed by atoms with E-state index in [0.717, 1.165) is 38.4 Å². The molecule has 160 valence electrons. The normalized spacial score (nSPS) is 14.4. The van der Waals surface area contributed by atoms with Crippen molar-refractivity contribution in [3.8, 4) is 5.69 Å². The first kappa shape index (κ1) is 20.9. The van der Waals surface area contributed by atoms with Gasteiger partial charge in [0.2, 0.25) is 5.43 Å². The molecule has 7 nitrogen and oxygen atoms in total. The second-order valence-electron chi connectivity index (χ2n) is 7.40. The number of anilines is 1. The van der Waals surface area contributed by atoms with Crippen molar-refractivity contribution in [3.63, 3.8) is 0 Å². The summed E-state index contributed by atoms with van der Waals surface area (Å²) in [5, 5.41) is 6.83. The molecule has 0 saturated carbocycles. The van der Waals surface area contributed by atoms with Gasteiger partial charge in [-0.3, -0.25) is 14.5 Å². The summed E-state index contributed by atoms with van der Waals surface area (Å²) < 4.78 is 20.8. The average Bonchev–Trinajstić information content (AvgIpc) is 2.76. The third-order valence-electron chi connectivity index (χ3n) is 5.12. The Morgan fingerprint density at radius 1 is 1.13 bits per heavy atom. The van der Waals surface area contributed by atoms with Crippen LogP contribution in [0.4, 0.5) is 10.1 Å². The van der Waals surface area contributed by atoms with Crippen LogP contribution in [0.1, 0.15) is 21.7 Å². The van der Waals surface area contributed by atoms with E-state index in [9.17, 15) is 14.0 Å². The van der Waals surface area contributed by atoms with E-state index in [2.05, 4.69) is 15.3 Å². The Kier molecular flexibility index (Phi) is 6.20. The van der Waals surface area contributed by atoms with Crippen LogP contribution < -0.4 is 10.7 Å². The Labute approximate surface area is 179 Å². The Morgan fingerprint density at radius 3 is 2.55 bits per heavy atom. The molecule has 0 aliphatic carbocycles. The highest BCUT2D eigenvalue weighted by molar-refractivity contribution is 6.02. The van der Waals surface area contributed by atoms with E-state index < -0.39 is 17.2 Å². The number of carbonyl (C=O) groups excluding carboxylic acids is 1. The minimum Gasteiger partial charge on any atom is -0.379 e. The molecule has 3 aromatic rings. The number of nitrogens with one attached hydrogen (secondary N) is 1. The number of benzene rings is 2. The van der Waals surface area contributed by atoms with Gasteiger partial charge >= 0.3 is 0 Å². The number of hydrogen-bond donors (Lipinski definition) is 1. The van der Waals surface area contributed by atoms with E-state index in [1.54, 1.807) is 31.2 Å². The predicted molar refractivity (Wildman–Crippen MR) is 115 cm³/mol. The van der Waals surface area contributed by atoms with E-state index in [-0.39, 0.29) is 11.4 Å². The molecule has 0 spiro atoms. The van der Waals surface area contributed by atoms with Crippen LogP contribution in [-0.4, -0.2) is 46.9 Å². The van der Waals surface area contributed by atoms with Crippen molar-refractivity contribution in [2.75, 3.05) is 31.6 Å². The summed E-state index contributed by atoms with van der Waals surface area (Å²) in [6.45, 7) is 5.71. The van der Waals surface area contributed by atoms with Crippen LogP contribution in [0.25, 0.3) is 5.69 Å². The Bertz CT molecular complexity index is 1140. The molecule has 8 heteroatoms. The predicted octanol–water partition coefficient (Wildman–Crippen LogP) is 2.76. The zero-order chi connectivity index (χ0) is 21.8. The van der Waals surface area contributed by atoms with Crippen LogP contribution in [0.3, 0.4) is 0 Å². The maximum atomic E-state index is 14.2. The van der Waals surface area contributed by atoms with Gasteiger partial charge in [0.25, 0.3) is 5.91 Å². The Balaban J connectivity index is 1.51. The number of nitrogens with zero attached hydrogens (tertiary/aromatic N) is 3. The summed E-state index contributed by atoms with van der Waals surface area (Å²) in [4.78, 5) is 27.4. The molecule has 1 fully saturated rings. The van der Waals surface area contributed by atoms with E-state index >= 15 is 0 Å². The third kappa shape index (κ3) is 4.87. The highest BCUT2D eigenvalue weighted by Gasteiger charge is 2.17. The number of hydrogen-bond acceptors (Lipinski definition) is 5. The minimum absolute atomic E-state index is 0.168. The van der Waals surface area contributed by atoms with Gasteiger partial charge in [-0.05, 0) is 36.8 Å². The molecule has 0 bridgehead atoms. The van der Waals surface area contributed by atoms with Gasteiger partial charge in [-0.2, -0.15) is 5.10 Å². The van der Waals surface area contributed by atoms with E-state index in [1.165, 1.54) is 22.9 Å². The number of aryl methyl sites for hydroxylation is 1. The summed E-state index contributed by atoms with van der Waals surface area (Å²) in [7, 11) is 0. The third-order valence-corrected chi connectivity index (χ3v) is 5.12. The van der Waals surface area contributed by atoms with Crippen LogP contribution in [0, 0.1) is 12.7 Å². The first-order valence-corrected chi connectivity index (χ1v) is 10.1. The second-order valence-corrected chi connectivity index (χ2v) is 7.40. The van der Waals surface area contributed by atoms with Crippen molar-refractivity contribution >= 4 is 11.6 Å². The molecule has 0 unspecified atom stereocenters. The maximum Gasteiger partial charge on any atom is 0.280 e. The van der Waals surface area contributed by atoms with Gasteiger partial charge in [-0.1, -0.05) is 24.3 Å². The molecular formula is C23H23FN4O3. The number of morpholine rings is 1. The fourth-order valence-corrected chi connectivity index (χ4v) is 3.47. The number of ether oxygens (including phenoxy) is 1. The van der Waals surface area contributed by atoms with Gasteiger partial charge in [0.1, 0.15) is 11.5 Å². The molecule has 2 heterocycles. The van der Waals surface area contributed by atoms with Crippen molar-refractivity contribution < 1.29 is 13.9 Å². The fraction of sp³-hybridized carbons (Fsp3) is 0.261. The molecule has 31 heavy (non-hydrogen) atoms. The molecule has 1 aliphatic rings. The Hall–Kier alpha value is -3.36. The van der Waals surface area contributed by atoms with Crippen molar-refractivity contribution in [2.45, 2.75) is 13.5 Å². The highest BCUT2D eigenvalue weighted by atomic mass is 19.1. The molecular weight excluding hydrogens is 399 g/mol. The number of aromatic nitrogens is 2. The van der Waals surface area contributed by atoms with Crippen LogP contribution in [0.5, 0.6) is 0 Å². The van der Waals surface area contributed by atoms with Crippen LogP contribution in [-0.2, 0) is 11.3 Å². The maximum absolute atomic E-state index is 14.2. The van der Waals surface area contributed by atoms with Gasteiger partial charge in [-0.15, -0.1) is 0 Å². The van der Waals surface area contributed by atoms with Gasteiger partial charge in [0, 0.05) is 37.1 Å². The van der Waals surface area contributed by atoms with Crippen molar-refractivity contribution in [1.29, 1.82) is 0 Å². The molecule has 2 aromatic carbocycles. The summed E-state index contributed by atoms with van der Waals surface area (Å²) in [6.07, 6.45) is 0. The fourth-order valence-electron chi connectivity index (χ4n) is 3.47. The quantitative estimate of drug-likeness (QED) is 0.684. The molecule has 1 aromatic heterocycles. The van der Waals surface area contributed by atoms with Gasteiger partial charge in [0.15, 0.2) is 5.69 Å². The lowest BCUT2D eigenvalue weighted by atomic mass is 10.2. The zero-order valence-corrected chi connectivity index (χ0v) is 17.2. The van der Waals surface area contributed by atoms with E-state index in [0.29, 0.717) is 11.4 Å². The van der Waals surface area contributed by atoms with Crippen molar-refractivity contribution in [2.24, 2.45) is 0 Å². The van der Waals surface area contributed by atoms with Crippen molar-refractivity contribution in [1.82, 2.24) is 14.7 Å². The summed E-state index contributed by atoms with van der Waals surface area (Å²) in [5.41, 5.74) is 1.45. The minimum atomic E-state index is -0.643. The lowest BCUT2D eigenvalue weighted by Gasteiger charge is -2.26. The Morgan fingerprint density at radius 2 is 1.84 bits per heavy atom. The summed E-state index contributed by atoms with van der Waals surface area (Å²) >= 11 is 0. The monoisotopic (exact) mass is 422 g/mol. The second kappa shape index (κ2) is 9.20. The molecule has 1 amide bonds. The standard InChI is InChI=1S/C23H23FN4O3/c1-16-14-21(29)22(26-28(16)20-5-3-2-4-19(20)24)23(30)25-18-8-6-17(7-9-18)15-27-10-12-31-13-11-27/h2-9,14H,10-13,15H2,1H3,(H,25,30). The van der Waals surface area contributed by atoms with Gasteiger partial charge < -0.3 is 10.1 Å². The molecule has 0 radical (unpaired) electrons. The summed E-state index contributed by atoms with van der Waals surface area (Å²) in [5.74, 6) is -1.14. The lowest BCUT2D eigenvalue weighted by Crippen LogP contribution is -2.35. The molecule has 0 atom stereocenters. The van der Waals surface area contributed by atoms with Gasteiger partial charge in [0.05, 0.1) is 13.2 Å². The van der Waals surface area contributed by atoms with Gasteiger partial charge in [-0.25, -0.2) is 9.07 Å². The van der Waals surface area contributed by atoms with Crippen LogP contribution >= 0.6 is 0 Å². The largest absolute Gasteiger partial charge is 0.379 e. The number of carbonyl (C=O) groups is 1. The lowest BCUT2D eigenvalue weighted by molar-refractivity contribution is 0.0342. The number of para-hydroxylation sites is 1. The number of amides is 1. The SMILES string of the molecule is Cc1cc(=O)c(C(=O)Nc2ccc(CN3CCOCC3)cc2)nn1-c1ccccc1F.